The summed E-state index contributed by atoms with van der Waals surface area (Å²) in [6.45, 7) is 5.20. The molecule has 6 heteroatoms. The SMILES string of the molecule is O=C(Nc1ccc(C(=O)N2CCCCc3ccccc32)cc1)c1ccc(OCCCCCCN2CCCCC2)cc1. The lowest BCUT2D eigenvalue weighted by molar-refractivity contribution is 0.0985. The molecule has 0 aliphatic carbocycles. The smallest absolute Gasteiger partial charge is 0.258 e. The van der Waals surface area contributed by atoms with Crippen molar-refractivity contribution in [3.05, 3.63) is 89.5 Å². The second-order valence-electron chi connectivity index (χ2n) is 11.3. The highest BCUT2D eigenvalue weighted by molar-refractivity contribution is 6.07. The number of benzene rings is 3. The first-order chi connectivity index (χ1) is 20.2. The monoisotopic (exact) mass is 553 g/mol. The van der Waals surface area contributed by atoms with Crippen LogP contribution in [0.25, 0.3) is 0 Å². The molecule has 2 aliphatic heterocycles. The molecule has 0 radical (unpaired) electrons. The van der Waals surface area contributed by atoms with Gasteiger partial charge in [-0.25, -0.2) is 0 Å². The van der Waals surface area contributed by atoms with E-state index in [0.29, 0.717) is 30.0 Å². The van der Waals surface area contributed by atoms with Gasteiger partial charge in [-0.15, -0.1) is 0 Å². The summed E-state index contributed by atoms with van der Waals surface area (Å²) >= 11 is 0. The zero-order chi connectivity index (χ0) is 28.3. The van der Waals surface area contributed by atoms with Crippen LogP contribution in [0.15, 0.2) is 72.8 Å². The molecule has 3 aromatic carbocycles. The number of aryl methyl sites for hydroxylation is 1. The molecule has 2 aliphatic rings. The largest absolute Gasteiger partial charge is 0.494 e. The zero-order valence-corrected chi connectivity index (χ0v) is 24.2. The summed E-state index contributed by atoms with van der Waals surface area (Å²) in [6, 6.07) is 22.6. The van der Waals surface area contributed by atoms with Gasteiger partial charge in [0.2, 0.25) is 0 Å². The van der Waals surface area contributed by atoms with Gasteiger partial charge in [0.25, 0.3) is 11.8 Å². The van der Waals surface area contributed by atoms with Crippen LogP contribution in [-0.4, -0.2) is 49.5 Å². The van der Waals surface area contributed by atoms with Crippen LogP contribution in [0.5, 0.6) is 5.75 Å². The molecule has 0 atom stereocenters. The van der Waals surface area contributed by atoms with Gasteiger partial charge in [-0.05, 0) is 125 Å². The molecule has 0 aromatic heterocycles. The molecule has 0 saturated carbocycles. The highest BCUT2D eigenvalue weighted by atomic mass is 16.5. The molecule has 41 heavy (non-hydrogen) atoms. The molecule has 0 bridgehead atoms. The Morgan fingerprint density at radius 1 is 0.707 bits per heavy atom. The number of nitrogens with one attached hydrogen (secondary N) is 1. The van der Waals surface area contributed by atoms with Crippen molar-refractivity contribution in [2.24, 2.45) is 0 Å². The van der Waals surface area contributed by atoms with Crippen molar-refractivity contribution in [1.29, 1.82) is 0 Å². The first-order valence-corrected chi connectivity index (χ1v) is 15.4. The van der Waals surface area contributed by atoms with E-state index < -0.39 is 0 Å². The van der Waals surface area contributed by atoms with Gasteiger partial charge in [-0.1, -0.05) is 37.5 Å². The minimum absolute atomic E-state index is 0.00901. The van der Waals surface area contributed by atoms with Gasteiger partial charge in [0.15, 0.2) is 0 Å². The third-order valence-electron chi connectivity index (χ3n) is 8.20. The van der Waals surface area contributed by atoms with Crippen molar-refractivity contribution in [3.63, 3.8) is 0 Å². The number of ether oxygens (including phenoxy) is 1. The van der Waals surface area contributed by atoms with Crippen LogP contribution >= 0.6 is 0 Å². The number of amides is 2. The highest BCUT2D eigenvalue weighted by Gasteiger charge is 2.22. The number of hydrogen-bond acceptors (Lipinski definition) is 4. The summed E-state index contributed by atoms with van der Waals surface area (Å²) < 4.78 is 5.89. The minimum atomic E-state index is -0.189. The van der Waals surface area contributed by atoms with Crippen molar-refractivity contribution < 1.29 is 14.3 Å². The van der Waals surface area contributed by atoms with Crippen LogP contribution in [0.4, 0.5) is 11.4 Å². The molecule has 216 valence electrons. The van der Waals surface area contributed by atoms with E-state index in [0.717, 1.165) is 37.1 Å². The number of carbonyl (C=O) groups excluding carboxylic acids is 2. The maximum absolute atomic E-state index is 13.3. The Bertz CT molecular complexity index is 1270. The second kappa shape index (κ2) is 14.8. The van der Waals surface area contributed by atoms with Crippen LogP contribution < -0.4 is 15.0 Å². The fraction of sp³-hybridized carbons (Fsp3) is 0.429. The number of carbonyl (C=O) groups is 2. The van der Waals surface area contributed by atoms with Crippen LogP contribution in [0, 0.1) is 0 Å². The van der Waals surface area contributed by atoms with Gasteiger partial charge >= 0.3 is 0 Å². The van der Waals surface area contributed by atoms with E-state index in [9.17, 15) is 9.59 Å². The first-order valence-electron chi connectivity index (χ1n) is 15.4. The Kier molecular flexibility index (Phi) is 10.4. The predicted octanol–water partition coefficient (Wildman–Crippen LogP) is 7.35. The number of rotatable bonds is 11. The molecule has 2 heterocycles. The molecular formula is C35H43N3O3. The first kappa shape index (κ1) is 28.9. The number of fused-ring (bicyclic) bond motifs is 1. The fourth-order valence-electron chi connectivity index (χ4n) is 5.82. The molecule has 0 spiro atoms. The number of piperidine rings is 1. The summed E-state index contributed by atoms with van der Waals surface area (Å²) in [6.07, 6.45) is 11.9. The minimum Gasteiger partial charge on any atom is -0.494 e. The number of hydrogen-bond donors (Lipinski definition) is 1. The molecular weight excluding hydrogens is 510 g/mol. The van der Waals surface area contributed by atoms with Gasteiger partial charge in [-0.2, -0.15) is 0 Å². The maximum Gasteiger partial charge on any atom is 0.258 e. The Morgan fingerprint density at radius 3 is 2.22 bits per heavy atom. The second-order valence-corrected chi connectivity index (χ2v) is 11.3. The molecule has 6 nitrogen and oxygen atoms in total. The highest BCUT2D eigenvalue weighted by Crippen LogP contribution is 2.28. The van der Waals surface area contributed by atoms with Gasteiger partial charge in [0, 0.05) is 29.0 Å². The van der Waals surface area contributed by atoms with Crippen LogP contribution in [-0.2, 0) is 6.42 Å². The number of unbranched alkanes of at least 4 members (excludes halogenated alkanes) is 3. The predicted molar refractivity (Wildman–Crippen MR) is 166 cm³/mol. The molecule has 3 aromatic rings. The molecule has 1 N–H and O–H groups in total. The van der Waals surface area contributed by atoms with Crippen molar-refractivity contribution in [2.45, 2.75) is 64.2 Å². The molecule has 1 saturated heterocycles. The Labute approximate surface area is 244 Å². The van der Waals surface area contributed by atoms with Gasteiger partial charge < -0.3 is 19.9 Å². The number of para-hydroxylation sites is 1. The average Bonchev–Trinajstić information content (AvgIpc) is 3.24. The lowest BCUT2D eigenvalue weighted by Gasteiger charge is -2.26. The number of anilines is 2. The van der Waals surface area contributed by atoms with E-state index in [1.165, 1.54) is 63.7 Å². The fourth-order valence-corrected chi connectivity index (χ4v) is 5.82. The van der Waals surface area contributed by atoms with Crippen molar-refractivity contribution >= 4 is 23.2 Å². The van der Waals surface area contributed by atoms with E-state index in [-0.39, 0.29) is 11.8 Å². The topological polar surface area (TPSA) is 61.9 Å². The van der Waals surface area contributed by atoms with Crippen molar-refractivity contribution in [2.75, 3.05) is 43.0 Å². The molecule has 2 amide bonds. The van der Waals surface area contributed by atoms with Crippen molar-refractivity contribution in [1.82, 2.24) is 4.90 Å². The Balaban J connectivity index is 1.05. The van der Waals surface area contributed by atoms with E-state index >= 15 is 0 Å². The van der Waals surface area contributed by atoms with Crippen LogP contribution in [0.1, 0.15) is 84.1 Å². The Hall–Kier alpha value is -3.64. The molecule has 5 rings (SSSR count). The van der Waals surface area contributed by atoms with E-state index in [1.54, 1.807) is 36.4 Å². The van der Waals surface area contributed by atoms with E-state index in [4.69, 9.17) is 4.74 Å². The lowest BCUT2D eigenvalue weighted by atomic mass is 10.1. The quantitative estimate of drug-likeness (QED) is 0.252. The average molecular weight is 554 g/mol. The van der Waals surface area contributed by atoms with E-state index in [1.807, 2.05) is 35.2 Å². The lowest BCUT2D eigenvalue weighted by Crippen LogP contribution is -2.31. The normalized spacial score (nSPS) is 15.6. The van der Waals surface area contributed by atoms with Crippen LogP contribution in [0.2, 0.25) is 0 Å². The number of nitrogens with zero attached hydrogens (tertiary/aromatic N) is 2. The van der Waals surface area contributed by atoms with Crippen molar-refractivity contribution in [3.8, 4) is 5.75 Å². The standard InChI is InChI=1S/C35H43N3O3/c39-34(29-17-21-32(22-18-29)41-27-11-2-1-7-23-37-24-8-3-9-25-37)36-31-19-15-30(16-20-31)35(40)38-26-10-6-13-28-12-4-5-14-33(28)38/h4-5,12,14-22H,1-3,6-11,13,23-27H2,(H,36,39). The summed E-state index contributed by atoms with van der Waals surface area (Å²) in [5.41, 5.74) is 4.06. The summed E-state index contributed by atoms with van der Waals surface area (Å²) in [4.78, 5) is 30.6. The number of likely N-dealkylation sites (tertiary alicyclic amines) is 1. The maximum atomic E-state index is 13.3. The zero-order valence-electron chi connectivity index (χ0n) is 24.2. The summed E-state index contributed by atoms with van der Waals surface area (Å²) in [5.74, 6) is 0.587. The van der Waals surface area contributed by atoms with Gasteiger partial charge in [0.05, 0.1) is 6.61 Å². The van der Waals surface area contributed by atoms with Crippen LogP contribution in [0.3, 0.4) is 0 Å². The molecule has 0 unspecified atom stereocenters. The van der Waals surface area contributed by atoms with E-state index in [2.05, 4.69) is 16.3 Å². The Morgan fingerprint density at radius 2 is 1.41 bits per heavy atom. The van der Waals surface area contributed by atoms with Gasteiger partial charge in [-0.3, -0.25) is 9.59 Å². The molecule has 1 fully saturated rings. The summed E-state index contributed by atoms with van der Waals surface area (Å²) in [7, 11) is 0. The van der Waals surface area contributed by atoms with Gasteiger partial charge in [0.1, 0.15) is 5.75 Å². The third kappa shape index (κ3) is 8.20. The summed E-state index contributed by atoms with van der Waals surface area (Å²) in [5, 5.41) is 2.94. The third-order valence-corrected chi connectivity index (χ3v) is 8.20.